The van der Waals surface area contributed by atoms with E-state index in [1.165, 1.54) is 10.6 Å². The zero-order valence-corrected chi connectivity index (χ0v) is 21.9. The Bertz CT molecular complexity index is 1240. The summed E-state index contributed by atoms with van der Waals surface area (Å²) in [7, 11) is 0. The first kappa shape index (κ1) is 26.0. The van der Waals surface area contributed by atoms with E-state index in [2.05, 4.69) is 12.2 Å². The second-order valence-electron chi connectivity index (χ2n) is 10.9. The number of alkyl carbamates (subject to hydrolysis) is 1. The number of carbonyl (C=O) groups excluding carboxylic acids is 2. The van der Waals surface area contributed by atoms with Crippen LogP contribution in [0.4, 0.5) is 14.9 Å². The minimum absolute atomic E-state index is 0.0729. The van der Waals surface area contributed by atoms with Crippen LogP contribution in [-0.4, -0.2) is 47.8 Å². The van der Waals surface area contributed by atoms with Crippen LogP contribution in [0.25, 0.3) is 5.52 Å². The molecule has 9 heteroatoms. The highest BCUT2D eigenvalue weighted by molar-refractivity contribution is 5.90. The minimum atomic E-state index is -0.693. The minimum Gasteiger partial charge on any atom is -0.462 e. The smallest absolute Gasteiger partial charge is 0.407 e. The average Bonchev–Trinajstić information content (AvgIpc) is 3.60. The standard InChI is InChI=1S/C27H36FN3O5/c1-7-35-25(33)19-12-18(17-8-9-17)22-16(3)23(20(28)13-31(22)24(19)32)30-11-10-15(2)21(14-30)29-26(34)36-27(4,5)6/h12-13,15,17,21H,7-11,14H2,1-6H3,(H,29,34)/t15-,21-/m0/s1. The molecule has 2 aliphatic rings. The van der Waals surface area contributed by atoms with Gasteiger partial charge in [0.05, 0.1) is 30.0 Å². The molecule has 2 fully saturated rings. The summed E-state index contributed by atoms with van der Waals surface area (Å²) in [6, 6.07) is 1.41. The number of aromatic nitrogens is 1. The highest BCUT2D eigenvalue weighted by Gasteiger charge is 2.34. The number of amides is 1. The number of aryl methyl sites for hydroxylation is 1. The van der Waals surface area contributed by atoms with E-state index in [-0.39, 0.29) is 30.0 Å². The van der Waals surface area contributed by atoms with Crippen molar-refractivity contribution in [3.8, 4) is 0 Å². The summed E-state index contributed by atoms with van der Waals surface area (Å²) in [5.41, 5.74) is 1.30. The second-order valence-corrected chi connectivity index (χ2v) is 10.9. The molecule has 36 heavy (non-hydrogen) atoms. The van der Waals surface area contributed by atoms with E-state index in [4.69, 9.17) is 9.47 Å². The van der Waals surface area contributed by atoms with Gasteiger partial charge >= 0.3 is 12.1 Å². The van der Waals surface area contributed by atoms with E-state index < -0.39 is 29.0 Å². The maximum absolute atomic E-state index is 15.7. The lowest BCUT2D eigenvalue weighted by Gasteiger charge is -2.39. The van der Waals surface area contributed by atoms with Crippen LogP contribution in [-0.2, 0) is 9.47 Å². The van der Waals surface area contributed by atoms with Crippen LogP contribution in [0.5, 0.6) is 0 Å². The fourth-order valence-corrected chi connectivity index (χ4v) is 5.01. The Kier molecular flexibility index (Phi) is 7.03. The van der Waals surface area contributed by atoms with Crippen LogP contribution in [0, 0.1) is 18.7 Å². The molecular formula is C27H36FN3O5. The van der Waals surface area contributed by atoms with E-state index in [1.807, 2.05) is 32.6 Å². The van der Waals surface area contributed by atoms with Crippen molar-refractivity contribution in [3.63, 3.8) is 0 Å². The molecule has 0 aromatic carbocycles. The van der Waals surface area contributed by atoms with Crippen molar-refractivity contribution in [2.24, 2.45) is 5.92 Å². The van der Waals surface area contributed by atoms with Crippen molar-refractivity contribution in [1.29, 1.82) is 0 Å². The lowest BCUT2D eigenvalue weighted by molar-refractivity contribution is 0.0481. The maximum Gasteiger partial charge on any atom is 0.407 e. The second kappa shape index (κ2) is 9.75. The Labute approximate surface area is 210 Å². The van der Waals surface area contributed by atoms with Crippen LogP contribution in [0.1, 0.15) is 81.3 Å². The first-order chi connectivity index (χ1) is 16.9. The van der Waals surface area contributed by atoms with Crippen molar-refractivity contribution in [3.05, 3.63) is 45.1 Å². The molecule has 0 spiro atoms. The lowest BCUT2D eigenvalue weighted by Crippen LogP contribution is -2.53. The molecule has 1 N–H and O–H groups in total. The molecule has 2 aromatic heterocycles. The Balaban J connectivity index is 1.74. The quantitative estimate of drug-likeness (QED) is 0.605. The number of rotatable bonds is 5. The van der Waals surface area contributed by atoms with Crippen LogP contribution < -0.4 is 15.8 Å². The fraction of sp³-hybridized carbons (Fsp3) is 0.593. The Morgan fingerprint density at radius 1 is 1.22 bits per heavy atom. The zero-order valence-electron chi connectivity index (χ0n) is 21.9. The Hall–Kier alpha value is -3.10. The number of carbonyl (C=O) groups is 2. The summed E-state index contributed by atoms with van der Waals surface area (Å²) in [6.07, 6.45) is 3.35. The Morgan fingerprint density at radius 2 is 1.92 bits per heavy atom. The average molecular weight is 502 g/mol. The van der Waals surface area contributed by atoms with E-state index >= 15 is 4.39 Å². The SMILES string of the molecule is CCOC(=O)c1cc(C2CC2)c2c(C)c(N3CC[C@H](C)[C@@H](NC(=O)OC(C)(C)C)C3)c(F)cn2c1=O. The predicted octanol–water partition coefficient (Wildman–Crippen LogP) is 4.54. The van der Waals surface area contributed by atoms with E-state index in [1.54, 1.807) is 13.0 Å². The first-order valence-corrected chi connectivity index (χ1v) is 12.7. The van der Waals surface area contributed by atoms with Gasteiger partial charge in [0.15, 0.2) is 5.82 Å². The number of hydrogen-bond donors (Lipinski definition) is 1. The number of ether oxygens (including phenoxy) is 2. The molecule has 1 aliphatic heterocycles. The van der Waals surface area contributed by atoms with Gasteiger partial charge in [-0.15, -0.1) is 0 Å². The third-order valence-corrected chi connectivity index (χ3v) is 6.93. The molecule has 3 heterocycles. The predicted molar refractivity (Wildman–Crippen MR) is 135 cm³/mol. The molecular weight excluding hydrogens is 465 g/mol. The third-order valence-electron chi connectivity index (χ3n) is 6.93. The molecule has 8 nitrogen and oxygen atoms in total. The fourth-order valence-electron chi connectivity index (χ4n) is 5.01. The van der Waals surface area contributed by atoms with Crippen molar-refractivity contribution in [2.75, 3.05) is 24.6 Å². The number of halogens is 1. The van der Waals surface area contributed by atoms with Gasteiger partial charge in [-0.3, -0.25) is 9.20 Å². The van der Waals surface area contributed by atoms with Crippen molar-refractivity contribution in [2.45, 2.75) is 78.4 Å². The van der Waals surface area contributed by atoms with Crippen molar-refractivity contribution in [1.82, 2.24) is 9.72 Å². The molecule has 0 radical (unpaired) electrons. The largest absolute Gasteiger partial charge is 0.462 e. The molecule has 0 unspecified atom stereocenters. The number of esters is 1. The van der Waals surface area contributed by atoms with E-state index in [9.17, 15) is 14.4 Å². The number of fused-ring (bicyclic) bond motifs is 1. The first-order valence-electron chi connectivity index (χ1n) is 12.7. The van der Waals surface area contributed by atoms with Gasteiger partial charge in [-0.05, 0) is 82.9 Å². The van der Waals surface area contributed by atoms with Gasteiger partial charge < -0.3 is 19.7 Å². The van der Waals surface area contributed by atoms with Crippen molar-refractivity contribution < 1.29 is 23.5 Å². The summed E-state index contributed by atoms with van der Waals surface area (Å²) in [5.74, 6) is -0.833. The summed E-state index contributed by atoms with van der Waals surface area (Å²) < 4.78 is 27.4. The van der Waals surface area contributed by atoms with Crippen LogP contribution in [0.3, 0.4) is 0 Å². The molecule has 2 aromatic rings. The van der Waals surface area contributed by atoms with Crippen LogP contribution in [0.15, 0.2) is 17.1 Å². The summed E-state index contributed by atoms with van der Waals surface area (Å²) in [5, 5.41) is 2.95. The van der Waals surface area contributed by atoms with Crippen LogP contribution >= 0.6 is 0 Å². The monoisotopic (exact) mass is 501 g/mol. The van der Waals surface area contributed by atoms with Gasteiger partial charge in [-0.1, -0.05) is 6.92 Å². The van der Waals surface area contributed by atoms with Gasteiger partial charge in [0.2, 0.25) is 0 Å². The molecule has 1 amide bonds. The summed E-state index contributed by atoms with van der Waals surface area (Å²) >= 11 is 0. The molecule has 1 aliphatic carbocycles. The van der Waals surface area contributed by atoms with E-state index in [0.29, 0.717) is 29.9 Å². The van der Waals surface area contributed by atoms with Gasteiger partial charge in [0.25, 0.3) is 5.56 Å². The maximum atomic E-state index is 15.7. The van der Waals surface area contributed by atoms with Gasteiger partial charge in [-0.2, -0.15) is 0 Å². The van der Waals surface area contributed by atoms with Crippen LogP contribution in [0.2, 0.25) is 0 Å². The molecule has 1 saturated carbocycles. The topological polar surface area (TPSA) is 89.3 Å². The van der Waals surface area contributed by atoms with Gasteiger partial charge in [0.1, 0.15) is 11.2 Å². The van der Waals surface area contributed by atoms with Crippen molar-refractivity contribution >= 4 is 23.3 Å². The third kappa shape index (κ3) is 5.20. The lowest BCUT2D eigenvalue weighted by atomic mass is 9.92. The van der Waals surface area contributed by atoms with Gasteiger partial charge in [-0.25, -0.2) is 14.0 Å². The Morgan fingerprint density at radius 3 is 2.53 bits per heavy atom. The number of pyridine rings is 2. The molecule has 196 valence electrons. The highest BCUT2D eigenvalue weighted by atomic mass is 19.1. The number of anilines is 1. The van der Waals surface area contributed by atoms with Gasteiger partial charge in [0, 0.05) is 13.1 Å². The number of nitrogens with one attached hydrogen (secondary N) is 1. The summed E-state index contributed by atoms with van der Waals surface area (Å²) in [6.45, 7) is 12.2. The number of hydrogen-bond acceptors (Lipinski definition) is 6. The molecule has 1 saturated heterocycles. The number of piperidine rings is 1. The number of nitrogens with zero attached hydrogens (tertiary/aromatic N) is 2. The highest BCUT2D eigenvalue weighted by Crippen LogP contribution is 2.44. The molecule has 4 rings (SSSR count). The normalized spacial score (nSPS) is 20.4. The summed E-state index contributed by atoms with van der Waals surface area (Å²) in [4.78, 5) is 40.0. The zero-order chi connectivity index (χ0) is 26.4. The molecule has 2 atom stereocenters. The van der Waals surface area contributed by atoms with E-state index in [0.717, 1.165) is 24.8 Å². The molecule has 0 bridgehead atoms.